The average Bonchev–Trinajstić information content (AvgIpc) is 2.83. The minimum atomic E-state index is -7.94. The fraction of sp³-hybridized carbons (Fsp3) is 0.692. The largest absolute Gasteiger partial charge is 0.460 e. The van der Waals surface area contributed by atoms with Gasteiger partial charge in [0.15, 0.2) is 0 Å². The van der Waals surface area contributed by atoms with Crippen molar-refractivity contribution in [3.63, 3.8) is 0 Å². The molecule has 0 aromatic carbocycles. The van der Waals surface area contributed by atoms with E-state index in [-0.39, 0.29) is 0 Å². The van der Waals surface area contributed by atoms with E-state index in [2.05, 4.69) is 0 Å². The smallest absolute Gasteiger partial charge is 0.289 e. The summed E-state index contributed by atoms with van der Waals surface area (Å²) in [7, 11) is 0. The summed E-state index contributed by atoms with van der Waals surface area (Å²) in [4.78, 5) is 21.9. The molecule has 0 bridgehead atoms. The molecule has 2 amide bonds. The second kappa shape index (κ2) is 7.04. The molecule has 1 rings (SSSR count). The van der Waals surface area contributed by atoms with Crippen LogP contribution in [0.5, 0.6) is 0 Å². The Morgan fingerprint density at radius 1 is 0.690 bits per heavy atom. The second-order valence-corrected chi connectivity index (χ2v) is 5.84. The summed E-state index contributed by atoms with van der Waals surface area (Å²) in [6, 6.07) is 0. The van der Waals surface area contributed by atoms with Gasteiger partial charge in [0.25, 0.3) is 11.8 Å². The third-order valence-electron chi connectivity index (χ3n) is 3.77. The monoisotopic (exact) mass is 457 g/mol. The second-order valence-electron chi connectivity index (χ2n) is 5.84. The van der Waals surface area contributed by atoms with Crippen LogP contribution in [0.1, 0.15) is 19.3 Å². The molecule has 0 saturated heterocycles. The number of carbonyl (C=O) groups excluding carboxylic acids is 2. The van der Waals surface area contributed by atoms with Gasteiger partial charge in [0.1, 0.15) is 0 Å². The van der Waals surface area contributed by atoms with Gasteiger partial charge in [0.2, 0.25) is 0 Å². The van der Waals surface area contributed by atoms with E-state index in [1.165, 1.54) is 0 Å². The highest BCUT2D eigenvalue weighted by molar-refractivity contribution is 6.16. The van der Waals surface area contributed by atoms with Crippen molar-refractivity contribution in [2.75, 3.05) is 0 Å². The summed E-state index contributed by atoms with van der Waals surface area (Å²) >= 11 is 0. The Bertz CT molecular complexity index is 708. The zero-order valence-corrected chi connectivity index (χ0v) is 13.4. The maximum Gasteiger partial charge on any atom is 0.460 e. The standard InChI is InChI=1S/C13H8F13NO2/c14-8(15,3-1-2-5-4-6(28)27-7(5)29)9(16,17)10(18,19)11(20,21)12(22,23)13(24,25)26/h4H,1-3H2,(H,27,28,29). The van der Waals surface area contributed by atoms with Crippen molar-refractivity contribution in [3.8, 4) is 0 Å². The van der Waals surface area contributed by atoms with E-state index < -0.39 is 72.4 Å². The number of carbonyl (C=O) groups is 2. The normalized spacial score (nSPS) is 17.5. The van der Waals surface area contributed by atoms with Crippen LogP contribution in [-0.2, 0) is 9.59 Å². The molecule has 0 fully saturated rings. The van der Waals surface area contributed by atoms with Gasteiger partial charge in [0, 0.05) is 18.1 Å². The summed E-state index contributed by atoms with van der Waals surface area (Å²) in [5.41, 5.74) is -0.560. The molecule has 1 aliphatic heterocycles. The third kappa shape index (κ3) is 3.89. The molecule has 0 spiro atoms. The number of alkyl halides is 13. The Morgan fingerprint density at radius 2 is 1.14 bits per heavy atom. The molecule has 0 aromatic heterocycles. The van der Waals surface area contributed by atoms with Gasteiger partial charge in [-0.2, -0.15) is 57.1 Å². The maximum atomic E-state index is 13.5. The summed E-state index contributed by atoms with van der Waals surface area (Å²) in [5.74, 6) is -39.2. The van der Waals surface area contributed by atoms with E-state index in [4.69, 9.17) is 0 Å². The molecule has 0 unspecified atom stereocenters. The van der Waals surface area contributed by atoms with E-state index in [9.17, 15) is 66.7 Å². The molecule has 1 N–H and O–H groups in total. The van der Waals surface area contributed by atoms with Crippen LogP contribution in [0.3, 0.4) is 0 Å². The Morgan fingerprint density at radius 3 is 1.52 bits per heavy atom. The van der Waals surface area contributed by atoms with Crippen molar-refractivity contribution in [3.05, 3.63) is 11.6 Å². The predicted octanol–water partition coefficient (Wildman–Crippen LogP) is 4.48. The van der Waals surface area contributed by atoms with Crippen LogP contribution in [0.15, 0.2) is 11.6 Å². The van der Waals surface area contributed by atoms with Crippen LogP contribution in [0.25, 0.3) is 0 Å². The van der Waals surface area contributed by atoms with Gasteiger partial charge in [-0.15, -0.1) is 0 Å². The van der Waals surface area contributed by atoms with Crippen molar-refractivity contribution in [1.29, 1.82) is 0 Å². The van der Waals surface area contributed by atoms with E-state index in [0.29, 0.717) is 6.08 Å². The van der Waals surface area contributed by atoms with Crippen molar-refractivity contribution < 1.29 is 66.7 Å². The summed E-state index contributed by atoms with van der Waals surface area (Å²) in [6.45, 7) is 0. The number of halogens is 13. The number of amides is 2. The molecule has 0 radical (unpaired) electrons. The molecule has 0 aliphatic carbocycles. The lowest BCUT2D eigenvalue weighted by Gasteiger charge is -2.39. The first kappa shape index (κ1) is 25.0. The number of hydrogen-bond acceptors (Lipinski definition) is 2. The fourth-order valence-electron chi connectivity index (χ4n) is 2.10. The lowest BCUT2D eigenvalue weighted by atomic mass is 9.91. The number of hydrogen-bond donors (Lipinski definition) is 1. The van der Waals surface area contributed by atoms with Gasteiger partial charge in [0.05, 0.1) is 0 Å². The lowest BCUT2D eigenvalue weighted by molar-refractivity contribution is -0.440. The molecule has 3 nitrogen and oxygen atoms in total. The van der Waals surface area contributed by atoms with Crippen molar-refractivity contribution >= 4 is 11.8 Å². The van der Waals surface area contributed by atoms with Crippen LogP contribution in [0, 0.1) is 0 Å². The Kier molecular flexibility index (Phi) is 6.07. The third-order valence-corrected chi connectivity index (χ3v) is 3.77. The Hall–Kier alpha value is -2.03. The van der Waals surface area contributed by atoms with Crippen LogP contribution < -0.4 is 5.32 Å². The number of imide groups is 1. The van der Waals surface area contributed by atoms with Gasteiger partial charge >= 0.3 is 35.8 Å². The lowest BCUT2D eigenvalue weighted by Crippen LogP contribution is -2.70. The van der Waals surface area contributed by atoms with E-state index >= 15 is 0 Å². The Labute approximate surface area is 151 Å². The van der Waals surface area contributed by atoms with Gasteiger partial charge in [-0.3, -0.25) is 14.9 Å². The van der Waals surface area contributed by atoms with Crippen molar-refractivity contribution in [2.45, 2.75) is 55.1 Å². The molecule has 1 aliphatic rings. The Balaban J connectivity index is 3.11. The molecule has 29 heavy (non-hydrogen) atoms. The molecular formula is C13H8F13NO2. The van der Waals surface area contributed by atoms with Gasteiger partial charge in [-0.05, 0) is 12.8 Å². The van der Waals surface area contributed by atoms with Crippen LogP contribution in [0.2, 0.25) is 0 Å². The number of rotatable bonds is 8. The minimum Gasteiger partial charge on any atom is -0.289 e. The molecular weight excluding hydrogens is 449 g/mol. The van der Waals surface area contributed by atoms with Gasteiger partial charge < -0.3 is 0 Å². The molecule has 16 heteroatoms. The first-order valence-corrected chi connectivity index (χ1v) is 7.15. The first-order valence-electron chi connectivity index (χ1n) is 7.15. The topological polar surface area (TPSA) is 46.2 Å². The van der Waals surface area contributed by atoms with E-state index in [1.807, 2.05) is 0 Å². The average molecular weight is 457 g/mol. The van der Waals surface area contributed by atoms with Crippen molar-refractivity contribution in [1.82, 2.24) is 5.32 Å². The maximum absolute atomic E-state index is 13.5. The van der Waals surface area contributed by atoms with Gasteiger partial charge in [-0.1, -0.05) is 0 Å². The summed E-state index contributed by atoms with van der Waals surface area (Å²) in [5, 5.41) is 1.60. The highest BCUT2D eigenvalue weighted by atomic mass is 19.4. The summed E-state index contributed by atoms with van der Waals surface area (Å²) < 4.78 is 167. The van der Waals surface area contributed by atoms with Crippen LogP contribution >= 0.6 is 0 Å². The molecule has 168 valence electrons. The SMILES string of the molecule is O=C1C=C(CCCC(F)(F)C(F)(F)C(F)(F)C(F)(F)C(F)(F)C(F)(F)F)C(=O)N1. The molecule has 0 atom stereocenters. The molecule has 1 heterocycles. The predicted molar refractivity (Wildman–Crippen MR) is 65.9 cm³/mol. The highest BCUT2D eigenvalue weighted by Crippen LogP contribution is 2.60. The molecule has 0 saturated carbocycles. The molecule has 0 aromatic rings. The highest BCUT2D eigenvalue weighted by Gasteiger charge is 2.90. The zero-order valence-electron chi connectivity index (χ0n) is 13.4. The first-order chi connectivity index (χ1) is 12.6. The minimum absolute atomic E-state index is 0.533. The van der Waals surface area contributed by atoms with E-state index in [0.717, 1.165) is 0 Å². The van der Waals surface area contributed by atoms with Crippen molar-refractivity contribution in [2.24, 2.45) is 0 Å². The van der Waals surface area contributed by atoms with Crippen LogP contribution in [0.4, 0.5) is 57.1 Å². The quantitative estimate of drug-likeness (QED) is 0.432. The van der Waals surface area contributed by atoms with Crippen LogP contribution in [-0.4, -0.2) is 47.6 Å². The van der Waals surface area contributed by atoms with E-state index in [1.54, 1.807) is 5.32 Å². The summed E-state index contributed by atoms with van der Waals surface area (Å²) in [6.07, 6.45) is -11.6. The fourth-order valence-corrected chi connectivity index (χ4v) is 2.10. The number of nitrogens with one attached hydrogen (secondary N) is 1. The zero-order chi connectivity index (χ0) is 23.3. The van der Waals surface area contributed by atoms with Gasteiger partial charge in [-0.25, -0.2) is 0 Å².